The van der Waals surface area contributed by atoms with E-state index in [4.69, 9.17) is 4.74 Å². The van der Waals surface area contributed by atoms with Crippen LogP contribution in [-0.2, 0) is 16.1 Å². The summed E-state index contributed by atoms with van der Waals surface area (Å²) in [7, 11) is 0. The number of hydrogen-bond donors (Lipinski definition) is 0. The van der Waals surface area contributed by atoms with E-state index in [2.05, 4.69) is 17.9 Å². The number of benzene rings is 1. The Hall–Kier alpha value is -2.05. The Labute approximate surface area is 120 Å². The fraction of sp³-hybridized carbons (Fsp3) is 0.353. The lowest BCUT2D eigenvalue weighted by Crippen LogP contribution is -2.32. The number of carbonyl (C=O) groups excluding carboxylic acids is 1. The normalized spacial score (nSPS) is 13.9. The highest BCUT2D eigenvalue weighted by Crippen LogP contribution is 2.11. The van der Waals surface area contributed by atoms with Crippen LogP contribution in [0.2, 0.25) is 0 Å². The lowest BCUT2D eigenvalue weighted by molar-refractivity contribution is -0.125. The molecule has 104 valence electrons. The van der Waals surface area contributed by atoms with E-state index in [0.29, 0.717) is 19.7 Å². The Morgan fingerprint density at radius 2 is 2.10 bits per heavy atom. The first-order valence-corrected chi connectivity index (χ1v) is 6.81. The lowest BCUT2D eigenvalue weighted by Gasteiger charge is -2.23. The van der Waals surface area contributed by atoms with Crippen LogP contribution in [0, 0.1) is 11.8 Å². The van der Waals surface area contributed by atoms with Gasteiger partial charge in [0, 0.05) is 13.1 Å². The highest BCUT2D eigenvalue weighted by atomic mass is 16.5. The summed E-state index contributed by atoms with van der Waals surface area (Å²) in [4.78, 5) is 13.9. The Morgan fingerprint density at radius 3 is 2.75 bits per heavy atom. The van der Waals surface area contributed by atoms with Gasteiger partial charge in [-0.25, -0.2) is 0 Å². The maximum atomic E-state index is 12.1. The van der Waals surface area contributed by atoms with Gasteiger partial charge in [-0.2, -0.15) is 0 Å². The molecule has 0 unspecified atom stereocenters. The van der Waals surface area contributed by atoms with E-state index in [0.717, 1.165) is 24.2 Å². The summed E-state index contributed by atoms with van der Waals surface area (Å²) in [6.07, 6.45) is 3.08. The number of hydrogen-bond acceptors (Lipinski definition) is 2. The molecule has 0 bridgehead atoms. The molecule has 3 heteroatoms. The molecule has 0 saturated carbocycles. The van der Waals surface area contributed by atoms with Gasteiger partial charge in [-0.1, -0.05) is 42.3 Å². The Morgan fingerprint density at radius 1 is 1.30 bits per heavy atom. The monoisotopic (exact) mass is 269 g/mol. The zero-order valence-electron chi connectivity index (χ0n) is 11.8. The van der Waals surface area contributed by atoms with Crippen molar-refractivity contribution >= 4 is 5.91 Å². The molecule has 0 aliphatic carbocycles. The predicted octanol–water partition coefficient (Wildman–Crippen LogP) is 2.39. The molecular weight excluding hydrogens is 250 g/mol. The molecule has 1 aromatic carbocycles. The van der Waals surface area contributed by atoms with E-state index in [1.807, 2.05) is 30.3 Å². The van der Waals surface area contributed by atoms with Crippen LogP contribution in [0.25, 0.3) is 0 Å². The molecule has 3 nitrogen and oxygen atoms in total. The number of nitrogens with zero attached hydrogens (tertiary/aromatic N) is 1. The van der Waals surface area contributed by atoms with Gasteiger partial charge >= 0.3 is 0 Å². The third-order valence-corrected chi connectivity index (χ3v) is 3.11. The van der Waals surface area contributed by atoms with Crippen molar-refractivity contribution in [2.24, 2.45) is 0 Å². The molecule has 0 spiro atoms. The summed E-state index contributed by atoms with van der Waals surface area (Å²) in [5.74, 6) is 5.17. The summed E-state index contributed by atoms with van der Waals surface area (Å²) in [6, 6.07) is 9.97. The van der Waals surface area contributed by atoms with Gasteiger partial charge in [-0.05, 0) is 30.4 Å². The van der Waals surface area contributed by atoms with Gasteiger partial charge in [0.2, 0.25) is 0 Å². The zero-order valence-corrected chi connectivity index (χ0v) is 11.8. The van der Waals surface area contributed by atoms with Crippen LogP contribution in [0.5, 0.6) is 0 Å². The summed E-state index contributed by atoms with van der Waals surface area (Å²) < 4.78 is 5.43. The molecule has 1 aliphatic heterocycles. The van der Waals surface area contributed by atoms with Crippen LogP contribution < -0.4 is 0 Å². The largest absolute Gasteiger partial charge is 0.377 e. The number of carbonyl (C=O) groups is 1. The zero-order chi connectivity index (χ0) is 14.2. The van der Waals surface area contributed by atoms with Crippen molar-refractivity contribution in [3.05, 3.63) is 47.5 Å². The topological polar surface area (TPSA) is 29.5 Å². The minimum absolute atomic E-state index is 0.136. The van der Waals surface area contributed by atoms with Gasteiger partial charge in [-0.15, -0.1) is 0 Å². The number of rotatable bonds is 4. The second kappa shape index (κ2) is 7.52. The Balaban J connectivity index is 2.09. The highest BCUT2D eigenvalue weighted by Gasteiger charge is 2.15. The summed E-state index contributed by atoms with van der Waals surface area (Å²) in [6.45, 7) is 4.22. The molecule has 0 fully saturated rings. The Bertz CT molecular complexity index is 537. The summed E-state index contributed by atoms with van der Waals surface area (Å²) in [5.41, 5.74) is 2.26. The van der Waals surface area contributed by atoms with E-state index < -0.39 is 0 Å². The maximum Gasteiger partial charge on any atom is 0.299 e. The highest BCUT2D eigenvalue weighted by molar-refractivity contribution is 5.93. The van der Waals surface area contributed by atoms with Gasteiger partial charge in [0.15, 0.2) is 0 Å². The van der Waals surface area contributed by atoms with Gasteiger partial charge in [0.05, 0.1) is 13.2 Å². The van der Waals surface area contributed by atoms with Crippen LogP contribution in [0.15, 0.2) is 42.0 Å². The van der Waals surface area contributed by atoms with Crippen molar-refractivity contribution in [2.75, 3.05) is 19.8 Å². The van der Waals surface area contributed by atoms with E-state index in [9.17, 15) is 4.79 Å². The fourth-order valence-electron chi connectivity index (χ4n) is 2.15. The van der Waals surface area contributed by atoms with Crippen LogP contribution in [0.3, 0.4) is 0 Å². The first-order chi connectivity index (χ1) is 9.79. The van der Waals surface area contributed by atoms with Crippen LogP contribution in [0.4, 0.5) is 0 Å². The third kappa shape index (κ3) is 4.25. The van der Waals surface area contributed by atoms with Crippen molar-refractivity contribution in [1.82, 2.24) is 4.90 Å². The minimum Gasteiger partial charge on any atom is -0.377 e. The van der Waals surface area contributed by atoms with Gasteiger partial charge in [0.25, 0.3) is 5.91 Å². The summed E-state index contributed by atoms with van der Waals surface area (Å²) in [5, 5.41) is 0. The SMILES string of the molecule is CC#CC(=O)N(CC1=CCCOC1)Cc1ccccc1. The van der Waals surface area contributed by atoms with Gasteiger partial charge in [0.1, 0.15) is 0 Å². The maximum absolute atomic E-state index is 12.1. The molecule has 1 aromatic rings. The number of amides is 1. The quantitative estimate of drug-likeness (QED) is 0.620. The second-order valence-electron chi connectivity index (χ2n) is 4.73. The van der Waals surface area contributed by atoms with Crippen molar-refractivity contribution in [1.29, 1.82) is 0 Å². The average Bonchev–Trinajstić information content (AvgIpc) is 2.49. The van der Waals surface area contributed by atoms with Crippen LogP contribution in [-0.4, -0.2) is 30.6 Å². The molecule has 1 heterocycles. The molecule has 0 atom stereocenters. The van der Waals surface area contributed by atoms with Crippen molar-refractivity contribution in [2.45, 2.75) is 19.9 Å². The van der Waals surface area contributed by atoms with Gasteiger partial charge < -0.3 is 9.64 Å². The van der Waals surface area contributed by atoms with Gasteiger partial charge in [-0.3, -0.25) is 4.79 Å². The standard InChI is InChI=1S/C17H19NO2/c1-2-7-17(19)18(12-15-8-4-3-5-9-15)13-16-10-6-11-20-14-16/h3-5,8-10H,6,11-14H2,1H3. The molecule has 0 aromatic heterocycles. The van der Waals surface area contributed by atoms with E-state index in [1.165, 1.54) is 0 Å². The molecule has 0 N–H and O–H groups in total. The third-order valence-electron chi connectivity index (χ3n) is 3.11. The first kappa shape index (κ1) is 14.4. The minimum atomic E-state index is -0.136. The molecular formula is C17H19NO2. The van der Waals surface area contributed by atoms with Crippen LogP contribution >= 0.6 is 0 Å². The van der Waals surface area contributed by atoms with Crippen molar-refractivity contribution in [3.8, 4) is 11.8 Å². The summed E-state index contributed by atoms with van der Waals surface area (Å²) >= 11 is 0. The molecule has 0 radical (unpaired) electrons. The van der Waals surface area contributed by atoms with Crippen molar-refractivity contribution < 1.29 is 9.53 Å². The second-order valence-corrected chi connectivity index (χ2v) is 4.73. The first-order valence-electron chi connectivity index (χ1n) is 6.81. The smallest absolute Gasteiger partial charge is 0.299 e. The van der Waals surface area contributed by atoms with Crippen LogP contribution in [0.1, 0.15) is 18.9 Å². The molecule has 20 heavy (non-hydrogen) atoms. The molecule has 1 aliphatic rings. The molecule has 2 rings (SSSR count). The molecule has 1 amide bonds. The van der Waals surface area contributed by atoms with Crippen molar-refractivity contribution in [3.63, 3.8) is 0 Å². The lowest BCUT2D eigenvalue weighted by atomic mass is 10.1. The number of ether oxygens (including phenoxy) is 1. The van der Waals surface area contributed by atoms with E-state index in [-0.39, 0.29) is 5.91 Å². The average molecular weight is 269 g/mol. The predicted molar refractivity (Wildman–Crippen MR) is 78.8 cm³/mol. The Kier molecular flexibility index (Phi) is 5.40. The fourth-order valence-corrected chi connectivity index (χ4v) is 2.15. The van der Waals surface area contributed by atoms with E-state index >= 15 is 0 Å². The molecule has 0 saturated heterocycles. The van der Waals surface area contributed by atoms with E-state index in [1.54, 1.807) is 11.8 Å².